The lowest BCUT2D eigenvalue weighted by molar-refractivity contribution is 0.0384. The highest BCUT2D eigenvalue weighted by Gasteiger charge is 2.36. The molecule has 0 radical (unpaired) electrons. The average molecular weight is 315 g/mol. The molecular weight excluding hydrogens is 276 g/mol. The van der Waals surface area contributed by atoms with Crippen molar-refractivity contribution in [2.24, 2.45) is 11.3 Å². The Labute approximate surface area is 137 Å². The van der Waals surface area contributed by atoms with Gasteiger partial charge in [-0.3, -0.25) is 0 Å². The minimum absolute atomic E-state index is 0.0281. The van der Waals surface area contributed by atoms with E-state index in [2.05, 4.69) is 0 Å². The van der Waals surface area contributed by atoms with E-state index in [1.807, 2.05) is 0 Å². The van der Waals surface area contributed by atoms with Gasteiger partial charge in [-0.15, -0.1) is 0 Å². The monoisotopic (exact) mass is 314 g/mol. The molecule has 1 unspecified atom stereocenters. The zero-order valence-electron chi connectivity index (χ0n) is 14.4. The van der Waals surface area contributed by atoms with Crippen molar-refractivity contribution >= 4 is 0 Å². The van der Waals surface area contributed by atoms with E-state index in [4.69, 9.17) is 0 Å². The Balaban J connectivity index is 2.80. The van der Waals surface area contributed by atoms with Crippen molar-refractivity contribution in [3.05, 3.63) is 0 Å². The highest BCUT2D eigenvalue weighted by Crippen LogP contribution is 2.44. The zero-order chi connectivity index (χ0) is 16.1. The van der Waals surface area contributed by atoms with Crippen LogP contribution >= 0.6 is 0 Å². The lowest BCUT2D eigenvalue weighted by atomic mass is 9.65. The SMILES string of the molecule is OCCC1CCCCCCCCCCCC1(CCO)CCO. The van der Waals surface area contributed by atoms with Crippen LogP contribution in [-0.2, 0) is 0 Å². The Morgan fingerprint density at radius 3 is 1.64 bits per heavy atom. The van der Waals surface area contributed by atoms with Crippen LogP contribution in [0.25, 0.3) is 0 Å². The predicted molar refractivity (Wildman–Crippen MR) is 91.8 cm³/mol. The summed E-state index contributed by atoms with van der Waals surface area (Å²) in [4.78, 5) is 0. The minimum Gasteiger partial charge on any atom is -0.396 e. The number of hydrogen-bond acceptors (Lipinski definition) is 3. The molecule has 1 saturated carbocycles. The fourth-order valence-corrected chi connectivity index (χ4v) is 4.45. The summed E-state index contributed by atoms with van der Waals surface area (Å²) >= 11 is 0. The number of aliphatic hydroxyl groups excluding tert-OH is 3. The molecule has 1 rings (SSSR count). The molecule has 3 N–H and O–H groups in total. The smallest absolute Gasteiger partial charge is 0.0436 e. The van der Waals surface area contributed by atoms with Crippen LogP contribution in [0.2, 0.25) is 0 Å². The van der Waals surface area contributed by atoms with Crippen LogP contribution in [0.4, 0.5) is 0 Å². The molecule has 0 aromatic rings. The maximum atomic E-state index is 9.59. The van der Waals surface area contributed by atoms with Gasteiger partial charge in [0, 0.05) is 19.8 Å². The van der Waals surface area contributed by atoms with Crippen LogP contribution in [0.5, 0.6) is 0 Å². The first kappa shape index (κ1) is 19.9. The largest absolute Gasteiger partial charge is 0.396 e. The van der Waals surface area contributed by atoms with Crippen molar-refractivity contribution in [3.8, 4) is 0 Å². The highest BCUT2D eigenvalue weighted by molar-refractivity contribution is 4.87. The fourth-order valence-electron chi connectivity index (χ4n) is 4.45. The van der Waals surface area contributed by atoms with Crippen LogP contribution in [-0.4, -0.2) is 35.1 Å². The van der Waals surface area contributed by atoms with Crippen LogP contribution in [0.15, 0.2) is 0 Å². The fraction of sp³-hybridized carbons (Fsp3) is 1.00. The molecular formula is C19H38O3. The molecule has 1 atom stereocenters. The van der Waals surface area contributed by atoms with Gasteiger partial charge in [0.05, 0.1) is 0 Å². The first-order valence-electron chi connectivity index (χ1n) is 9.61. The molecule has 22 heavy (non-hydrogen) atoms. The maximum absolute atomic E-state index is 9.59. The van der Waals surface area contributed by atoms with Gasteiger partial charge in [0.1, 0.15) is 0 Å². The molecule has 1 fully saturated rings. The summed E-state index contributed by atoms with van der Waals surface area (Å²) in [7, 11) is 0. The van der Waals surface area contributed by atoms with Crippen molar-refractivity contribution in [1.82, 2.24) is 0 Å². The molecule has 1 aliphatic carbocycles. The molecule has 3 heteroatoms. The van der Waals surface area contributed by atoms with Gasteiger partial charge in [-0.05, 0) is 43.4 Å². The number of rotatable bonds is 6. The third-order valence-corrected chi connectivity index (χ3v) is 5.79. The third-order valence-electron chi connectivity index (χ3n) is 5.79. The van der Waals surface area contributed by atoms with Gasteiger partial charge in [-0.2, -0.15) is 0 Å². The normalized spacial score (nSPS) is 25.0. The lowest BCUT2D eigenvalue weighted by Crippen LogP contribution is -2.34. The molecule has 0 amide bonds. The van der Waals surface area contributed by atoms with Gasteiger partial charge in [-0.25, -0.2) is 0 Å². The summed E-state index contributed by atoms with van der Waals surface area (Å²) in [6.45, 7) is 0.618. The molecule has 0 spiro atoms. The van der Waals surface area contributed by atoms with E-state index in [9.17, 15) is 15.3 Å². The van der Waals surface area contributed by atoms with Gasteiger partial charge in [0.2, 0.25) is 0 Å². The second kappa shape index (κ2) is 12.3. The van der Waals surface area contributed by atoms with Crippen LogP contribution in [0.3, 0.4) is 0 Å². The molecule has 0 saturated heterocycles. The summed E-state index contributed by atoms with van der Waals surface area (Å²) in [5.74, 6) is 0.442. The predicted octanol–water partition coefficient (Wildman–Crippen LogP) is 4.04. The van der Waals surface area contributed by atoms with Crippen LogP contribution < -0.4 is 0 Å². The topological polar surface area (TPSA) is 60.7 Å². The molecule has 3 nitrogen and oxygen atoms in total. The molecule has 132 valence electrons. The molecule has 0 aromatic carbocycles. The van der Waals surface area contributed by atoms with E-state index in [1.165, 1.54) is 57.8 Å². The van der Waals surface area contributed by atoms with Gasteiger partial charge in [0.25, 0.3) is 0 Å². The summed E-state index contributed by atoms with van der Waals surface area (Å²) in [5.41, 5.74) is 0.0281. The lowest BCUT2D eigenvalue weighted by Gasteiger charge is -2.41. The Bertz CT molecular complexity index is 249. The Kier molecular flexibility index (Phi) is 11.2. The van der Waals surface area contributed by atoms with Crippen molar-refractivity contribution in [2.45, 2.75) is 89.9 Å². The standard InChI is InChI=1S/C19H38O3/c20-15-11-18-10-8-6-4-2-1-3-5-7-9-12-19(18,13-16-21)14-17-22/h18,20-22H,1-17H2. The molecule has 0 heterocycles. The molecule has 0 bridgehead atoms. The number of aliphatic hydroxyl groups is 3. The molecule has 0 aromatic heterocycles. The van der Waals surface area contributed by atoms with E-state index in [0.29, 0.717) is 5.92 Å². The number of hydrogen-bond donors (Lipinski definition) is 3. The van der Waals surface area contributed by atoms with Crippen LogP contribution in [0, 0.1) is 11.3 Å². The van der Waals surface area contributed by atoms with Gasteiger partial charge in [0.15, 0.2) is 0 Å². The van der Waals surface area contributed by atoms with Gasteiger partial charge in [-0.1, -0.05) is 57.8 Å². The summed E-state index contributed by atoms with van der Waals surface area (Å²) in [6, 6.07) is 0. The third kappa shape index (κ3) is 6.97. The van der Waals surface area contributed by atoms with E-state index in [-0.39, 0.29) is 25.2 Å². The zero-order valence-corrected chi connectivity index (χ0v) is 14.4. The Morgan fingerprint density at radius 1 is 0.636 bits per heavy atom. The van der Waals surface area contributed by atoms with Gasteiger partial charge >= 0.3 is 0 Å². The average Bonchev–Trinajstić information content (AvgIpc) is 2.52. The summed E-state index contributed by atoms with van der Waals surface area (Å²) in [6.07, 6.45) is 16.3. The Morgan fingerprint density at radius 2 is 1.14 bits per heavy atom. The van der Waals surface area contributed by atoms with Crippen molar-refractivity contribution in [1.29, 1.82) is 0 Å². The maximum Gasteiger partial charge on any atom is 0.0436 e. The summed E-state index contributed by atoms with van der Waals surface area (Å²) in [5, 5.41) is 28.7. The second-order valence-electron chi connectivity index (χ2n) is 7.24. The van der Waals surface area contributed by atoms with E-state index >= 15 is 0 Å². The molecule has 1 aliphatic rings. The molecule has 0 aliphatic heterocycles. The van der Waals surface area contributed by atoms with E-state index in [1.54, 1.807) is 0 Å². The highest BCUT2D eigenvalue weighted by atomic mass is 16.3. The first-order chi connectivity index (χ1) is 10.8. The van der Waals surface area contributed by atoms with Crippen LogP contribution in [0.1, 0.15) is 89.9 Å². The Hall–Kier alpha value is -0.120. The van der Waals surface area contributed by atoms with Crippen molar-refractivity contribution < 1.29 is 15.3 Å². The van der Waals surface area contributed by atoms with Crippen molar-refractivity contribution in [2.75, 3.05) is 19.8 Å². The van der Waals surface area contributed by atoms with Gasteiger partial charge < -0.3 is 15.3 Å². The van der Waals surface area contributed by atoms with E-state index in [0.717, 1.165) is 32.1 Å². The first-order valence-corrected chi connectivity index (χ1v) is 9.61. The summed E-state index contributed by atoms with van der Waals surface area (Å²) < 4.78 is 0. The minimum atomic E-state index is 0.0281. The van der Waals surface area contributed by atoms with Crippen molar-refractivity contribution in [3.63, 3.8) is 0 Å². The van der Waals surface area contributed by atoms with E-state index < -0.39 is 0 Å². The quantitative estimate of drug-likeness (QED) is 0.693. The second-order valence-corrected chi connectivity index (χ2v) is 7.24.